The van der Waals surface area contributed by atoms with Gasteiger partial charge in [-0.05, 0) is 84.9 Å². The number of benzene rings is 3. The van der Waals surface area contributed by atoms with E-state index in [9.17, 15) is 24.0 Å². The molecule has 9 N–H and O–H groups in total. The SMILES string of the molecule is NC(=O)C1(NC(=O)C(Cc2ccccc2)NC(=O)C(Cc2c[nH]c3ccccc23)NC(=O)C(Cc2csc3ccccc23)NC(=O)C2CCCNC2)CCNCC1. The van der Waals surface area contributed by atoms with E-state index in [1.54, 1.807) is 11.3 Å². The summed E-state index contributed by atoms with van der Waals surface area (Å²) < 4.78 is 1.07. The predicted molar refractivity (Wildman–Crippen MR) is 221 cm³/mol. The highest BCUT2D eigenvalue weighted by atomic mass is 32.1. The van der Waals surface area contributed by atoms with Gasteiger partial charge in [0.05, 0.1) is 5.92 Å². The Balaban J connectivity index is 1.19. The summed E-state index contributed by atoms with van der Waals surface area (Å²) in [6, 6.07) is 21.6. The lowest BCUT2D eigenvalue weighted by molar-refractivity contribution is -0.136. The van der Waals surface area contributed by atoms with Gasteiger partial charge in [0.25, 0.3) is 0 Å². The van der Waals surface area contributed by atoms with Crippen molar-refractivity contribution >= 4 is 61.9 Å². The third-order valence-electron chi connectivity index (χ3n) is 11.2. The minimum absolute atomic E-state index is 0.0900. The summed E-state index contributed by atoms with van der Waals surface area (Å²) in [5.74, 6) is -2.82. The minimum Gasteiger partial charge on any atom is -0.368 e. The number of H-pyrrole nitrogens is 1. The molecule has 2 fully saturated rings. The van der Waals surface area contributed by atoms with Crippen LogP contribution in [0.4, 0.5) is 0 Å². The first-order chi connectivity index (χ1) is 27.7. The summed E-state index contributed by atoms with van der Waals surface area (Å²) in [5.41, 5.74) is 7.95. The number of hydrogen-bond donors (Lipinski definition) is 8. The van der Waals surface area contributed by atoms with E-state index in [0.717, 1.165) is 50.6 Å². The van der Waals surface area contributed by atoms with Crippen LogP contribution < -0.4 is 37.6 Å². The van der Waals surface area contributed by atoms with Crippen molar-refractivity contribution in [3.8, 4) is 0 Å². The van der Waals surface area contributed by atoms with Gasteiger partial charge in [0.1, 0.15) is 23.7 Å². The molecule has 57 heavy (non-hydrogen) atoms. The van der Waals surface area contributed by atoms with E-state index >= 15 is 0 Å². The van der Waals surface area contributed by atoms with Crippen molar-refractivity contribution in [1.82, 2.24) is 36.9 Å². The first-order valence-electron chi connectivity index (χ1n) is 19.7. The fourth-order valence-electron chi connectivity index (χ4n) is 7.93. The lowest BCUT2D eigenvalue weighted by atomic mass is 9.87. The van der Waals surface area contributed by atoms with E-state index in [-0.39, 0.29) is 31.1 Å². The molecule has 4 atom stereocenters. The molecule has 2 saturated heterocycles. The minimum atomic E-state index is -1.27. The van der Waals surface area contributed by atoms with E-state index in [1.807, 2.05) is 90.4 Å². The summed E-state index contributed by atoms with van der Waals surface area (Å²) in [6.45, 7) is 2.34. The summed E-state index contributed by atoms with van der Waals surface area (Å²) >= 11 is 1.57. The van der Waals surface area contributed by atoms with E-state index < -0.39 is 47.3 Å². The molecule has 13 nitrogen and oxygen atoms in total. The zero-order valence-electron chi connectivity index (χ0n) is 31.8. The van der Waals surface area contributed by atoms with Gasteiger partial charge in [0.2, 0.25) is 29.5 Å². The summed E-state index contributed by atoms with van der Waals surface area (Å²) in [4.78, 5) is 73.0. The number of thiophene rings is 1. The number of rotatable bonds is 15. The maximum atomic E-state index is 14.6. The Morgan fingerprint density at radius 2 is 1.37 bits per heavy atom. The second-order valence-electron chi connectivity index (χ2n) is 15.1. The molecule has 0 spiro atoms. The predicted octanol–water partition coefficient (Wildman–Crippen LogP) is 2.59. The van der Waals surface area contributed by atoms with Crippen molar-refractivity contribution in [3.63, 3.8) is 0 Å². The number of para-hydroxylation sites is 1. The van der Waals surface area contributed by atoms with Gasteiger partial charge in [-0.2, -0.15) is 0 Å². The van der Waals surface area contributed by atoms with Crippen LogP contribution in [0.25, 0.3) is 21.0 Å². The second kappa shape index (κ2) is 18.1. The molecular weight excluding hydrogens is 741 g/mol. The number of piperidine rings is 2. The number of aromatic nitrogens is 1. The largest absolute Gasteiger partial charge is 0.368 e. The molecule has 0 radical (unpaired) electrons. The first-order valence-corrected chi connectivity index (χ1v) is 20.6. The van der Waals surface area contributed by atoms with Crippen LogP contribution in [0.15, 0.2) is 90.4 Å². The highest BCUT2D eigenvalue weighted by Crippen LogP contribution is 2.27. The Bertz CT molecular complexity index is 2210. The van der Waals surface area contributed by atoms with Crippen LogP contribution in [-0.2, 0) is 43.2 Å². The third-order valence-corrected chi connectivity index (χ3v) is 12.2. The van der Waals surface area contributed by atoms with Gasteiger partial charge in [-0.15, -0.1) is 11.3 Å². The lowest BCUT2D eigenvalue weighted by Crippen LogP contribution is -2.65. The standard InChI is InChI=1S/C43H50N8O5S/c44-42(56)43(16-19-45-20-17-43)51-41(55)34(21-27-9-2-1-3-10-27)49-39(53)35(22-29-25-47-33-14-6-4-12-31(29)33)50-40(54)36(48-38(52)28-11-8-18-46-24-28)23-30-26-57-37-15-7-5-13-32(30)37/h1-7,9-10,12-15,25-26,28,34-36,45-47H,8,11,16-24H2,(H2,44,56)(H,48,52)(H,49,53)(H,50,54)(H,51,55). The molecule has 3 aromatic carbocycles. The highest BCUT2D eigenvalue weighted by molar-refractivity contribution is 7.17. The van der Waals surface area contributed by atoms with Gasteiger partial charge in [-0.3, -0.25) is 24.0 Å². The molecule has 298 valence electrons. The number of carbonyl (C=O) groups excluding carboxylic acids is 5. The number of fused-ring (bicyclic) bond motifs is 2. The number of amides is 5. The summed E-state index contributed by atoms with van der Waals surface area (Å²) in [7, 11) is 0. The van der Waals surface area contributed by atoms with Crippen LogP contribution in [0.2, 0.25) is 0 Å². The zero-order valence-corrected chi connectivity index (χ0v) is 32.6. The van der Waals surface area contributed by atoms with Gasteiger partial charge in [0, 0.05) is 47.6 Å². The van der Waals surface area contributed by atoms with E-state index in [2.05, 4.69) is 36.9 Å². The molecule has 5 aromatic rings. The Hall–Kier alpha value is -5.57. The van der Waals surface area contributed by atoms with Gasteiger partial charge in [-0.1, -0.05) is 66.7 Å². The van der Waals surface area contributed by atoms with E-state index in [1.165, 1.54) is 0 Å². The molecule has 2 aliphatic rings. The Morgan fingerprint density at radius 1 is 0.719 bits per heavy atom. The molecule has 4 unspecified atom stereocenters. The monoisotopic (exact) mass is 790 g/mol. The van der Waals surface area contributed by atoms with E-state index in [4.69, 9.17) is 5.73 Å². The fourth-order valence-corrected chi connectivity index (χ4v) is 8.90. The zero-order chi connectivity index (χ0) is 39.8. The van der Waals surface area contributed by atoms with Crippen LogP contribution in [0.3, 0.4) is 0 Å². The van der Waals surface area contributed by atoms with Crippen LogP contribution in [-0.4, -0.2) is 84.4 Å². The van der Waals surface area contributed by atoms with Crippen molar-refractivity contribution < 1.29 is 24.0 Å². The van der Waals surface area contributed by atoms with Crippen LogP contribution in [0, 0.1) is 5.92 Å². The maximum absolute atomic E-state index is 14.6. The van der Waals surface area contributed by atoms with Crippen molar-refractivity contribution in [2.75, 3.05) is 26.2 Å². The second-order valence-corrected chi connectivity index (χ2v) is 16.0. The number of aromatic amines is 1. The van der Waals surface area contributed by atoms with Crippen molar-refractivity contribution in [2.24, 2.45) is 11.7 Å². The number of carbonyl (C=O) groups is 5. The smallest absolute Gasteiger partial charge is 0.243 e. The number of hydrogen-bond acceptors (Lipinski definition) is 8. The molecular formula is C43H50N8O5S. The Labute approximate surface area is 335 Å². The van der Waals surface area contributed by atoms with Crippen LogP contribution in [0.5, 0.6) is 0 Å². The fraction of sp³-hybridized carbons (Fsp3) is 0.372. The number of nitrogens with two attached hydrogens (primary N) is 1. The number of nitrogens with one attached hydrogen (secondary N) is 7. The van der Waals surface area contributed by atoms with Crippen molar-refractivity contribution in [1.29, 1.82) is 0 Å². The molecule has 4 heterocycles. The number of primary amides is 1. The quantitative estimate of drug-likeness (QED) is 0.0797. The Kier molecular flexibility index (Phi) is 12.6. The average Bonchev–Trinajstić information content (AvgIpc) is 3.84. The lowest BCUT2D eigenvalue weighted by Gasteiger charge is -2.36. The van der Waals surface area contributed by atoms with Gasteiger partial charge < -0.3 is 42.6 Å². The van der Waals surface area contributed by atoms with Gasteiger partial charge >= 0.3 is 0 Å². The molecule has 7 rings (SSSR count). The van der Waals surface area contributed by atoms with Crippen LogP contribution >= 0.6 is 11.3 Å². The molecule has 14 heteroatoms. The average molecular weight is 791 g/mol. The molecule has 0 aliphatic carbocycles. The highest BCUT2D eigenvalue weighted by Gasteiger charge is 2.41. The van der Waals surface area contributed by atoms with E-state index in [0.29, 0.717) is 38.9 Å². The normalized spacial score (nSPS) is 18.2. The molecule has 2 aromatic heterocycles. The van der Waals surface area contributed by atoms with Crippen molar-refractivity contribution in [3.05, 3.63) is 107 Å². The Morgan fingerprint density at radius 3 is 2.09 bits per heavy atom. The van der Waals surface area contributed by atoms with Gasteiger partial charge in [0.15, 0.2) is 0 Å². The molecule has 5 amide bonds. The first kappa shape index (κ1) is 39.7. The maximum Gasteiger partial charge on any atom is 0.243 e. The molecule has 0 saturated carbocycles. The van der Waals surface area contributed by atoms with Gasteiger partial charge in [-0.25, -0.2) is 0 Å². The molecule has 2 aliphatic heterocycles. The molecule has 0 bridgehead atoms. The van der Waals surface area contributed by atoms with Crippen LogP contribution in [0.1, 0.15) is 42.4 Å². The topological polar surface area (TPSA) is 199 Å². The summed E-state index contributed by atoms with van der Waals surface area (Å²) in [6.07, 6.45) is 4.42. The van der Waals surface area contributed by atoms with Crippen molar-refractivity contribution in [2.45, 2.75) is 68.6 Å². The summed E-state index contributed by atoms with van der Waals surface area (Å²) in [5, 5.41) is 22.2. The third kappa shape index (κ3) is 9.53.